The molecule has 0 bridgehead atoms. The average molecular weight is 355 g/mol. The van der Waals surface area contributed by atoms with E-state index in [1.807, 2.05) is 18.2 Å². The van der Waals surface area contributed by atoms with Crippen molar-refractivity contribution in [3.8, 4) is 5.75 Å². The summed E-state index contributed by atoms with van der Waals surface area (Å²) in [5, 5.41) is 14.4. The summed E-state index contributed by atoms with van der Waals surface area (Å²) in [5.41, 5.74) is 1.23. The SMILES string of the molecule is COc1ccc(C(=O)Nc2ccc(Nc3ccccc3Cl)nn2)cc1. The van der Waals surface area contributed by atoms with Gasteiger partial charge < -0.3 is 15.4 Å². The zero-order chi connectivity index (χ0) is 17.6. The minimum absolute atomic E-state index is 0.274. The van der Waals surface area contributed by atoms with Gasteiger partial charge >= 0.3 is 0 Å². The number of amides is 1. The van der Waals surface area contributed by atoms with Gasteiger partial charge in [0.15, 0.2) is 11.6 Å². The Labute approximate surface area is 149 Å². The zero-order valence-corrected chi connectivity index (χ0v) is 14.1. The summed E-state index contributed by atoms with van der Waals surface area (Å²) in [4.78, 5) is 12.2. The zero-order valence-electron chi connectivity index (χ0n) is 13.4. The van der Waals surface area contributed by atoms with Crippen molar-refractivity contribution in [2.75, 3.05) is 17.7 Å². The first kappa shape index (κ1) is 16.7. The second-order valence-corrected chi connectivity index (χ2v) is 5.50. The topological polar surface area (TPSA) is 76.1 Å². The Kier molecular flexibility index (Phi) is 5.11. The molecule has 1 amide bonds. The molecule has 0 unspecified atom stereocenters. The highest BCUT2D eigenvalue weighted by atomic mass is 35.5. The van der Waals surface area contributed by atoms with Crippen LogP contribution in [0.4, 0.5) is 17.3 Å². The quantitative estimate of drug-likeness (QED) is 0.720. The molecule has 1 aromatic heterocycles. The lowest BCUT2D eigenvalue weighted by Crippen LogP contribution is -2.13. The minimum Gasteiger partial charge on any atom is -0.497 e. The van der Waals surface area contributed by atoms with E-state index in [1.165, 1.54) is 0 Å². The number of hydrogen-bond acceptors (Lipinski definition) is 5. The summed E-state index contributed by atoms with van der Waals surface area (Å²) in [7, 11) is 1.57. The average Bonchev–Trinajstić information content (AvgIpc) is 2.65. The molecule has 0 aliphatic heterocycles. The van der Waals surface area contributed by atoms with E-state index >= 15 is 0 Å². The molecule has 7 heteroatoms. The maximum atomic E-state index is 12.2. The number of nitrogens with zero attached hydrogens (tertiary/aromatic N) is 2. The van der Waals surface area contributed by atoms with Gasteiger partial charge in [0.25, 0.3) is 5.91 Å². The van der Waals surface area contributed by atoms with Crippen LogP contribution in [0.1, 0.15) is 10.4 Å². The van der Waals surface area contributed by atoms with Gasteiger partial charge in [0.05, 0.1) is 17.8 Å². The van der Waals surface area contributed by atoms with E-state index in [2.05, 4.69) is 20.8 Å². The minimum atomic E-state index is -0.274. The smallest absolute Gasteiger partial charge is 0.256 e. The number of hydrogen-bond donors (Lipinski definition) is 2. The van der Waals surface area contributed by atoms with Crippen LogP contribution in [0.2, 0.25) is 5.02 Å². The fourth-order valence-electron chi connectivity index (χ4n) is 2.10. The van der Waals surface area contributed by atoms with Crippen LogP contribution >= 0.6 is 11.6 Å². The summed E-state index contributed by atoms with van der Waals surface area (Å²) in [6.45, 7) is 0. The third-order valence-electron chi connectivity index (χ3n) is 3.39. The highest BCUT2D eigenvalue weighted by Gasteiger charge is 2.08. The van der Waals surface area contributed by atoms with Crippen LogP contribution in [-0.2, 0) is 0 Å². The molecule has 25 heavy (non-hydrogen) atoms. The molecule has 3 rings (SSSR count). The first-order chi connectivity index (χ1) is 12.2. The van der Waals surface area contributed by atoms with Crippen molar-refractivity contribution in [3.05, 3.63) is 71.2 Å². The van der Waals surface area contributed by atoms with E-state index in [0.29, 0.717) is 28.0 Å². The standard InChI is InChI=1S/C18H15ClN4O2/c1-25-13-8-6-12(7-9-13)18(24)21-17-11-10-16(22-23-17)20-15-5-3-2-4-14(15)19/h2-11H,1H3,(H,20,22)(H,21,23,24). The fraction of sp³-hybridized carbons (Fsp3) is 0.0556. The number of ether oxygens (including phenoxy) is 1. The van der Waals surface area contributed by atoms with Gasteiger partial charge in [-0.05, 0) is 48.5 Å². The lowest BCUT2D eigenvalue weighted by Gasteiger charge is -2.08. The van der Waals surface area contributed by atoms with E-state index in [-0.39, 0.29) is 5.91 Å². The van der Waals surface area contributed by atoms with Gasteiger partial charge in [-0.1, -0.05) is 23.7 Å². The molecule has 2 N–H and O–H groups in total. The van der Waals surface area contributed by atoms with Crippen molar-refractivity contribution >= 4 is 34.8 Å². The van der Waals surface area contributed by atoms with E-state index in [4.69, 9.17) is 16.3 Å². The summed E-state index contributed by atoms with van der Waals surface area (Å²) in [6, 6.07) is 17.5. The van der Waals surface area contributed by atoms with Gasteiger partial charge in [0, 0.05) is 5.56 Å². The Balaban J connectivity index is 1.65. The number of carbonyl (C=O) groups is 1. The molecule has 0 saturated carbocycles. The number of carbonyl (C=O) groups excluding carboxylic acids is 1. The number of rotatable bonds is 5. The second-order valence-electron chi connectivity index (χ2n) is 5.09. The van der Waals surface area contributed by atoms with E-state index in [9.17, 15) is 4.79 Å². The number of anilines is 3. The molecule has 0 saturated heterocycles. The molecule has 0 fully saturated rings. The second kappa shape index (κ2) is 7.63. The van der Waals surface area contributed by atoms with Gasteiger partial charge in [0.2, 0.25) is 0 Å². The Morgan fingerprint density at radius 3 is 2.28 bits per heavy atom. The number of aromatic nitrogens is 2. The van der Waals surface area contributed by atoms with E-state index in [0.717, 1.165) is 5.69 Å². The van der Waals surface area contributed by atoms with E-state index < -0.39 is 0 Å². The molecule has 0 atom stereocenters. The number of halogens is 1. The largest absolute Gasteiger partial charge is 0.497 e. The Hall–Kier alpha value is -3.12. The van der Waals surface area contributed by atoms with Gasteiger partial charge in [-0.15, -0.1) is 10.2 Å². The summed E-state index contributed by atoms with van der Waals surface area (Å²) < 4.78 is 5.07. The third kappa shape index (κ3) is 4.24. The Bertz CT molecular complexity index is 867. The first-order valence-electron chi connectivity index (χ1n) is 7.46. The molecule has 3 aromatic rings. The lowest BCUT2D eigenvalue weighted by atomic mass is 10.2. The highest BCUT2D eigenvalue weighted by molar-refractivity contribution is 6.33. The molecule has 0 spiro atoms. The summed E-state index contributed by atoms with van der Waals surface area (Å²) in [6.07, 6.45) is 0. The monoisotopic (exact) mass is 354 g/mol. The molecule has 0 aliphatic rings. The summed E-state index contributed by atoms with van der Waals surface area (Å²) in [5.74, 6) is 1.29. The number of benzene rings is 2. The van der Waals surface area contributed by atoms with Gasteiger partial charge in [-0.2, -0.15) is 0 Å². The van der Waals surface area contributed by atoms with Crippen LogP contribution in [0.15, 0.2) is 60.7 Å². The van der Waals surface area contributed by atoms with Crippen LogP contribution in [-0.4, -0.2) is 23.2 Å². The van der Waals surface area contributed by atoms with Gasteiger partial charge in [-0.25, -0.2) is 0 Å². The van der Waals surface area contributed by atoms with E-state index in [1.54, 1.807) is 49.6 Å². The molecule has 2 aromatic carbocycles. The number of para-hydroxylation sites is 1. The lowest BCUT2D eigenvalue weighted by molar-refractivity contribution is 0.102. The maximum Gasteiger partial charge on any atom is 0.256 e. The molecule has 6 nitrogen and oxygen atoms in total. The Morgan fingerprint density at radius 2 is 1.64 bits per heavy atom. The first-order valence-corrected chi connectivity index (χ1v) is 7.84. The van der Waals surface area contributed by atoms with Crippen molar-refractivity contribution in [1.29, 1.82) is 0 Å². The number of methoxy groups -OCH3 is 1. The van der Waals surface area contributed by atoms with Crippen molar-refractivity contribution in [2.24, 2.45) is 0 Å². The molecular weight excluding hydrogens is 340 g/mol. The third-order valence-corrected chi connectivity index (χ3v) is 3.72. The predicted molar refractivity (Wildman–Crippen MR) is 97.7 cm³/mol. The molecule has 126 valence electrons. The predicted octanol–water partition coefficient (Wildman–Crippen LogP) is 4.13. The van der Waals surface area contributed by atoms with Crippen molar-refractivity contribution < 1.29 is 9.53 Å². The Morgan fingerprint density at radius 1 is 0.960 bits per heavy atom. The normalized spacial score (nSPS) is 10.2. The molecule has 0 aliphatic carbocycles. The molecule has 0 radical (unpaired) electrons. The maximum absolute atomic E-state index is 12.2. The molecule has 1 heterocycles. The van der Waals surface area contributed by atoms with Crippen LogP contribution in [0.5, 0.6) is 5.75 Å². The van der Waals surface area contributed by atoms with Gasteiger partial charge in [0.1, 0.15) is 5.75 Å². The van der Waals surface area contributed by atoms with Crippen molar-refractivity contribution in [3.63, 3.8) is 0 Å². The summed E-state index contributed by atoms with van der Waals surface area (Å²) >= 11 is 6.09. The van der Waals surface area contributed by atoms with Crippen molar-refractivity contribution in [2.45, 2.75) is 0 Å². The van der Waals surface area contributed by atoms with Crippen LogP contribution in [0.25, 0.3) is 0 Å². The fourth-order valence-corrected chi connectivity index (χ4v) is 2.28. The van der Waals surface area contributed by atoms with Gasteiger partial charge in [-0.3, -0.25) is 4.79 Å². The van der Waals surface area contributed by atoms with Crippen molar-refractivity contribution in [1.82, 2.24) is 10.2 Å². The highest BCUT2D eigenvalue weighted by Crippen LogP contribution is 2.23. The van der Waals surface area contributed by atoms with Crippen LogP contribution in [0, 0.1) is 0 Å². The number of nitrogens with one attached hydrogen (secondary N) is 2. The van der Waals surface area contributed by atoms with Crippen LogP contribution < -0.4 is 15.4 Å². The van der Waals surface area contributed by atoms with Crippen LogP contribution in [0.3, 0.4) is 0 Å². The molecular formula is C18H15ClN4O2.